The molecule has 0 aliphatic heterocycles. The summed E-state index contributed by atoms with van der Waals surface area (Å²) >= 11 is 0. The SMILES string of the molecule is COc1cc(C=NNC(=O)c2ccoc2C)ccc1OCc1ccccc1. The van der Waals surface area contributed by atoms with Crippen molar-refractivity contribution in [2.45, 2.75) is 13.5 Å². The van der Waals surface area contributed by atoms with Crippen molar-refractivity contribution < 1.29 is 18.7 Å². The topological polar surface area (TPSA) is 73.1 Å². The van der Waals surface area contributed by atoms with Gasteiger partial charge in [0.1, 0.15) is 12.4 Å². The van der Waals surface area contributed by atoms with E-state index in [0.717, 1.165) is 11.1 Å². The van der Waals surface area contributed by atoms with Crippen LogP contribution in [0.1, 0.15) is 27.2 Å². The number of hydrogen-bond donors (Lipinski definition) is 1. The van der Waals surface area contributed by atoms with Crippen LogP contribution in [0.25, 0.3) is 0 Å². The van der Waals surface area contributed by atoms with Crippen molar-refractivity contribution in [3.8, 4) is 11.5 Å². The molecule has 0 aliphatic rings. The Hall–Kier alpha value is -3.54. The molecule has 0 unspecified atom stereocenters. The molecule has 2 aromatic carbocycles. The number of benzene rings is 2. The minimum absolute atomic E-state index is 0.327. The molecule has 0 fully saturated rings. The van der Waals surface area contributed by atoms with E-state index in [9.17, 15) is 4.79 Å². The van der Waals surface area contributed by atoms with Crippen molar-refractivity contribution in [2.75, 3.05) is 7.11 Å². The molecule has 1 N–H and O–H groups in total. The Labute approximate surface area is 157 Å². The number of amides is 1. The van der Waals surface area contributed by atoms with Crippen molar-refractivity contribution in [1.82, 2.24) is 5.43 Å². The molecule has 0 spiro atoms. The molecule has 1 heterocycles. The number of rotatable bonds is 7. The predicted octanol–water partition coefficient (Wildman–Crippen LogP) is 3.94. The van der Waals surface area contributed by atoms with Crippen molar-refractivity contribution in [2.24, 2.45) is 5.10 Å². The molecular weight excluding hydrogens is 344 g/mol. The third-order valence-electron chi connectivity index (χ3n) is 3.91. The maximum atomic E-state index is 12.0. The highest BCUT2D eigenvalue weighted by Crippen LogP contribution is 2.28. The molecule has 3 aromatic rings. The lowest BCUT2D eigenvalue weighted by Crippen LogP contribution is -2.17. The van der Waals surface area contributed by atoms with Gasteiger partial charge in [-0.2, -0.15) is 5.10 Å². The summed E-state index contributed by atoms with van der Waals surface area (Å²) < 4.78 is 16.3. The van der Waals surface area contributed by atoms with Gasteiger partial charge in [0.25, 0.3) is 5.91 Å². The monoisotopic (exact) mass is 364 g/mol. The van der Waals surface area contributed by atoms with Gasteiger partial charge < -0.3 is 13.9 Å². The average molecular weight is 364 g/mol. The highest BCUT2D eigenvalue weighted by atomic mass is 16.5. The largest absolute Gasteiger partial charge is 0.493 e. The van der Waals surface area contributed by atoms with E-state index in [-0.39, 0.29) is 5.91 Å². The van der Waals surface area contributed by atoms with E-state index in [4.69, 9.17) is 13.9 Å². The number of methoxy groups -OCH3 is 1. The van der Waals surface area contributed by atoms with Crippen LogP contribution in [0.2, 0.25) is 0 Å². The van der Waals surface area contributed by atoms with Gasteiger partial charge >= 0.3 is 0 Å². The summed E-state index contributed by atoms with van der Waals surface area (Å²) in [6, 6.07) is 16.9. The maximum Gasteiger partial charge on any atom is 0.274 e. The first-order valence-electron chi connectivity index (χ1n) is 8.39. The van der Waals surface area contributed by atoms with Crippen molar-refractivity contribution in [1.29, 1.82) is 0 Å². The zero-order valence-electron chi connectivity index (χ0n) is 15.1. The zero-order valence-corrected chi connectivity index (χ0v) is 15.1. The molecular formula is C21H20N2O4. The number of ether oxygens (including phenoxy) is 2. The highest BCUT2D eigenvalue weighted by molar-refractivity contribution is 5.95. The number of nitrogens with one attached hydrogen (secondary N) is 1. The van der Waals surface area contributed by atoms with Gasteiger partial charge in [-0.1, -0.05) is 30.3 Å². The molecule has 0 bridgehead atoms. The van der Waals surface area contributed by atoms with Crippen LogP contribution in [0.15, 0.2) is 70.4 Å². The lowest BCUT2D eigenvalue weighted by atomic mass is 10.2. The second-order valence-electron chi connectivity index (χ2n) is 5.77. The minimum atomic E-state index is -0.327. The first-order valence-corrected chi connectivity index (χ1v) is 8.39. The van der Waals surface area contributed by atoms with Gasteiger partial charge in [-0.15, -0.1) is 0 Å². The van der Waals surface area contributed by atoms with E-state index in [1.54, 1.807) is 26.2 Å². The number of nitrogens with zero attached hydrogens (tertiary/aromatic N) is 1. The second-order valence-corrected chi connectivity index (χ2v) is 5.77. The third kappa shape index (κ3) is 4.76. The summed E-state index contributed by atoms with van der Waals surface area (Å²) in [4.78, 5) is 12.0. The number of furan rings is 1. The summed E-state index contributed by atoms with van der Waals surface area (Å²) in [5.41, 5.74) is 4.76. The molecule has 0 saturated carbocycles. The maximum absolute atomic E-state index is 12.0. The standard InChI is InChI=1S/C21H20N2O4/c1-15-18(10-11-26-15)21(24)23-22-13-17-8-9-19(20(12-17)25-2)27-14-16-6-4-3-5-7-16/h3-13H,14H2,1-2H3,(H,23,24). The quantitative estimate of drug-likeness (QED) is 0.509. The smallest absolute Gasteiger partial charge is 0.274 e. The number of hydrazone groups is 1. The van der Waals surface area contributed by atoms with Crippen LogP contribution >= 0.6 is 0 Å². The Balaban J connectivity index is 1.63. The van der Waals surface area contributed by atoms with Crippen molar-refractivity contribution in [3.63, 3.8) is 0 Å². The summed E-state index contributed by atoms with van der Waals surface area (Å²) in [7, 11) is 1.58. The highest BCUT2D eigenvalue weighted by Gasteiger charge is 2.10. The van der Waals surface area contributed by atoms with E-state index < -0.39 is 0 Å². The number of hydrogen-bond acceptors (Lipinski definition) is 5. The second kappa shape index (κ2) is 8.71. The molecule has 0 aliphatic carbocycles. The summed E-state index contributed by atoms with van der Waals surface area (Å²) in [6.45, 7) is 2.17. The summed E-state index contributed by atoms with van der Waals surface area (Å²) in [6.07, 6.45) is 3.00. The molecule has 3 rings (SSSR count). The van der Waals surface area contributed by atoms with Gasteiger partial charge in [-0.25, -0.2) is 5.43 Å². The van der Waals surface area contributed by atoms with Crippen molar-refractivity contribution in [3.05, 3.63) is 83.3 Å². The fourth-order valence-corrected chi connectivity index (χ4v) is 2.47. The van der Waals surface area contributed by atoms with Crippen LogP contribution < -0.4 is 14.9 Å². The molecule has 27 heavy (non-hydrogen) atoms. The lowest BCUT2D eigenvalue weighted by Gasteiger charge is -2.11. The van der Waals surface area contributed by atoms with E-state index in [1.165, 1.54) is 12.5 Å². The molecule has 138 valence electrons. The fourth-order valence-electron chi connectivity index (χ4n) is 2.47. The van der Waals surface area contributed by atoms with Gasteiger partial charge in [-0.05, 0) is 42.3 Å². The number of aryl methyl sites for hydroxylation is 1. The Kier molecular flexibility index (Phi) is 5.89. The van der Waals surface area contributed by atoms with Crippen LogP contribution in [0.4, 0.5) is 0 Å². The third-order valence-corrected chi connectivity index (χ3v) is 3.91. The predicted molar refractivity (Wildman–Crippen MR) is 102 cm³/mol. The van der Waals surface area contributed by atoms with Crippen LogP contribution in [0.3, 0.4) is 0 Å². The molecule has 0 atom stereocenters. The van der Waals surface area contributed by atoms with Crippen LogP contribution in [-0.2, 0) is 6.61 Å². The van der Waals surface area contributed by atoms with Crippen LogP contribution in [0.5, 0.6) is 11.5 Å². The number of carbonyl (C=O) groups excluding carboxylic acids is 1. The normalized spacial score (nSPS) is 10.7. The molecule has 6 heteroatoms. The molecule has 6 nitrogen and oxygen atoms in total. The van der Waals surface area contributed by atoms with Gasteiger partial charge in [0, 0.05) is 0 Å². The van der Waals surface area contributed by atoms with Crippen LogP contribution in [-0.4, -0.2) is 19.2 Å². The van der Waals surface area contributed by atoms with Gasteiger partial charge in [0.15, 0.2) is 11.5 Å². The Morgan fingerprint density at radius 2 is 1.96 bits per heavy atom. The molecule has 1 aromatic heterocycles. The van der Waals surface area contributed by atoms with Gasteiger partial charge in [0.2, 0.25) is 0 Å². The van der Waals surface area contributed by atoms with Gasteiger partial charge in [0.05, 0.1) is 25.2 Å². The summed E-state index contributed by atoms with van der Waals surface area (Å²) in [5.74, 6) is 1.44. The molecule has 0 saturated heterocycles. The summed E-state index contributed by atoms with van der Waals surface area (Å²) in [5, 5.41) is 3.97. The van der Waals surface area contributed by atoms with E-state index in [0.29, 0.717) is 29.4 Å². The van der Waals surface area contributed by atoms with Gasteiger partial charge in [-0.3, -0.25) is 4.79 Å². The fraction of sp³-hybridized carbons (Fsp3) is 0.143. The van der Waals surface area contributed by atoms with E-state index in [2.05, 4.69) is 10.5 Å². The Morgan fingerprint density at radius 3 is 2.67 bits per heavy atom. The molecule has 0 radical (unpaired) electrons. The zero-order chi connectivity index (χ0) is 19.1. The van der Waals surface area contributed by atoms with E-state index in [1.807, 2.05) is 42.5 Å². The molecule has 1 amide bonds. The number of carbonyl (C=O) groups is 1. The van der Waals surface area contributed by atoms with Crippen LogP contribution in [0, 0.1) is 6.92 Å². The Morgan fingerprint density at radius 1 is 1.15 bits per heavy atom. The van der Waals surface area contributed by atoms with Crippen molar-refractivity contribution >= 4 is 12.1 Å². The first kappa shape index (κ1) is 18.3. The average Bonchev–Trinajstić information content (AvgIpc) is 3.13. The Bertz CT molecular complexity index is 932. The lowest BCUT2D eigenvalue weighted by molar-refractivity contribution is 0.0953. The van der Waals surface area contributed by atoms with E-state index >= 15 is 0 Å². The minimum Gasteiger partial charge on any atom is -0.493 e. The first-order chi connectivity index (χ1) is 13.2.